The molecule has 72 valence electrons. The maximum atomic E-state index is 11.5. The van der Waals surface area contributed by atoms with Crippen LogP contribution in [-0.2, 0) is 6.54 Å². The molecule has 0 aliphatic heterocycles. The Bertz CT molecular complexity index is 327. The van der Waals surface area contributed by atoms with Crippen LogP contribution in [0.4, 0.5) is 0 Å². The Kier molecular flexibility index (Phi) is 3.29. The van der Waals surface area contributed by atoms with Gasteiger partial charge in [-0.25, -0.2) is 0 Å². The first-order valence-corrected chi connectivity index (χ1v) is 4.80. The molecule has 1 aromatic heterocycles. The molecule has 0 amide bonds. The van der Waals surface area contributed by atoms with Crippen molar-refractivity contribution in [2.45, 2.75) is 33.7 Å². The quantitative estimate of drug-likeness (QED) is 0.697. The first-order chi connectivity index (χ1) is 6.13. The molecule has 1 heterocycles. The first-order valence-electron chi connectivity index (χ1n) is 4.80. The summed E-state index contributed by atoms with van der Waals surface area (Å²) in [7, 11) is 0. The van der Waals surface area contributed by atoms with E-state index in [0.717, 1.165) is 18.5 Å². The molecule has 0 fully saturated rings. The monoisotopic (exact) mass is 179 g/mol. The van der Waals surface area contributed by atoms with Crippen LogP contribution in [0.3, 0.4) is 0 Å². The Hall–Kier alpha value is -1.05. The van der Waals surface area contributed by atoms with Gasteiger partial charge in [-0.2, -0.15) is 0 Å². The molecule has 0 N–H and O–H groups in total. The molecule has 0 bridgehead atoms. The van der Waals surface area contributed by atoms with Crippen LogP contribution in [0, 0.1) is 12.8 Å². The van der Waals surface area contributed by atoms with E-state index in [1.54, 1.807) is 10.6 Å². The lowest BCUT2D eigenvalue weighted by Crippen LogP contribution is -2.21. The Labute approximate surface area is 79.2 Å². The van der Waals surface area contributed by atoms with Crippen molar-refractivity contribution in [1.82, 2.24) is 4.57 Å². The van der Waals surface area contributed by atoms with Crippen molar-refractivity contribution in [1.29, 1.82) is 0 Å². The van der Waals surface area contributed by atoms with Crippen LogP contribution in [0.25, 0.3) is 0 Å². The fourth-order valence-electron chi connectivity index (χ4n) is 1.22. The number of pyridine rings is 1. The molecule has 0 aliphatic rings. The summed E-state index contributed by atoms with van der Waals surface area (Å²) in [6.45, 7) is 7.07. The molecular formula is C11H17NO. The second-order valence-electron chi connectivity index (χ2n) is 3.71. The Balaban J connectivity index is 2.84. The van der Waals surface area contributed by atoms with E-state index in [1.165, 1.54) is 0 Å². The molecule has 0 saturated heterocycles. The van der Waals surface area contributed by atoms with E-state index in [0.29, 0.717) is 5.92 Å². The van der Waals surface area contributed by atoms with E-state index in [1.807, 2.05) is 19.2 Å². The average Bonchev–Trinajstić information content (AvgIpc) is 2.09. The van der Waals surface area contributed by atoms with Gasteiger partial charge < -0.3 is 4.57 Å². The molecule has 2 nitrogen and oxygen atoms in total. The summed E-state index contributed by atoms with van der Waals surface area (Å²) in [6.07, 6.45) is 2.99. The number of aromatic nitrogens is 1. The van der Waals surface area contributed by atoms with Crippen LogP contribution in [0.1, 0.15) is 25.8 Å². The van der Waals surface area contributed by atoms with E-state index in [-0.39, 0.29) is 5.56 Å². The van der Waals surface area contributed by atoms with Gasteiger partial charge in [0.15, 0.2) is 0 Å². The van der Waals surface area contributed by atoms with Gasteiger partial charge in [0.1, 0.15) is 0 Å². The fraction of sp³-hybridized carbons (Fsp3) is 0.545. The van der Waals surface area contributed by atoms with Crippen LogP contribution < -0.4 is 5.56 Å². The van der Waals surface area contributed by atoms with E-state index in [4.69, 9.17) is 0 Å². The van der Waals surface area contributed by atoms with Gasteiger partial charge in [0.2, 0.25) is 0 Å². The van der Waals surface area contributed by atoms with Crippen LogP contribution in [0.5, 0.6) is 0 Å². The van der Waals surface area contributed by atoms with Crippen molar-refractivity contribution in [3.05, 3.63) is 34.2 Å². The molecular weight excluding hydrogens is 162 g/mol. The van der Waals surface area contributed by atoms with Gasteiger partial charge in [-0.15, -0.1) is 0 Å². The van der Waals surface area contributed by atoms with Gasteiger partial charge >= 0.3 is 0 Å². The summed E-state index contributed by atoms with van der Waals surface area (Å²) in [5.74, 6) is 0.570. The molecule has 1 unspecified atom stereocenters. The van der Waals surface area contributed by atoms with Crippen molar-refractivity contribution < 1.29 is 0 Å². The summed E-state index contributed by atoms with van der Waals surface area (Å²) < 4.78 is 1.78. The standard InChI is InChI=1S/C11H17NO/c1-4-9(2)8-12-6-5-10(3)7-11(12)13/h5-7,9H,4,8H2,1-3H3. The van der Waals surface area contributed by atoms with Gasteiger partial charge in [-0.05, 0) is 24.5 Å². The maximum absolute atomic E-state index is 11.5. The summed E-state index contributed by atoms with van der Waals surface area (Å²) in [4.78, 5) is 11.5. The highest BCUT2D eigenvalue weighted by Gasteiger charge is 2.01. The normalized spacial score (nSPS) is 12.8. The van der Waals surface area contributed by atoms with E-state index < -0.39 is 0 Å². The third-order valence-corrected chi connectivity index (χ3v) is 2.36. The van der Waals surface area contributed by atoms with Crippen LogP contribution in [0.2, 0.25) is 0 Å². The van der Waals surface area contributed by atoms with Gasteiger partial charge in [0.25, 0.3) is 5.56 Å². The Morgan fingerprint density at radius 2 is 2.23 bits per heavy atom. The fourth-order valence-corrected chi connectivity index (χ4v) is 1.22. The molecule has 0 aromatic carbocycles. The number of hydrogen-bond acceptors (Lipinski definition) is 1. The zero-order chi connectivity index (χ0) is 9.84. The number of hydrogen-bond donors (Lipinski definition) is 0. The second kappa shape index (κ2) is 4.26. The van der Waals surface area contributed by atoms with Crippen molar-refractivity contribution in [2.75, 3.05) is 0 Å². The van der Waals surface area contributed by atoms with Crippen LogP contribution in [0.15, 0.2) is 23.1 Å². The average molecular weight is 179 g/mol. The summed E-state index contributed by atoms with van der Waals surface area (Å²) in [6, 6.07) is 3.66. The zero-order valence-electron chi connectivity index (χ0n) is 8.58. The molecule has 0 aliphatic carbocycles. The summed E-state index contributed by atoms with van der Waals surface area (Å²) in [5, 5.41) is 0. The molecule has 0 radical (unpaired) electrons. The largest absolute Gasteiger partial charge is 0.315 e. The lowest BCUT2D eigenvalue weighted by atomic mass is 10.1. The van der Waals surface area contributed by atoms with E-state index >= 15 is 0 Å². The molecule has 1 atom stereocenters. The minimum atomic E-state index is 0.111. The van der Waals surface area contributed by atoms with Crippen LogP contribution in [-0.4, -0.2) is 4.57 Å². The predicted molar refractivity (Wildman–Crippen MR) is 54.9 cm³/mol. The Morgan fingerprint density at radius 1 is 1.54 bits per heavy atom. The zero-order valence-corrected chi connectivity index (χ0v) is 8.58. The highest BCUT2D eigenvalue weighted by Crippen LogP contribution is 2.03. The molecule has 0 spiro atoms. The molecule has 0 saturated carbocycles. The SMILES string of the molecule is CCC(C)Cn1ccc(C)cc1=O. The topological polar surface area (TPSA) is 22.0 Å². The minimum absolute atomic E-state index is 0.111. The van der Waals surface area contributed by atoms with Crippen molar-refractivity contribution in [2.24, 2.45) is 5.92 Å². The van der Waals surface area contributed by atoms with E-state index in [9.17, 15) is 4.79 Å². The number of nitrogens with zero attached hydrogens (tertiary/aromatic N) is 1. The summed E-state index contributed by atoms with van der Waals surface area (Å²) in [5.41, 5.74) is 1.14. The molecule has 1 rings (SSSR count). The smallest absolute Gasteiger partial charge is 0.250 e. The van der Waals surface area contributed by atoms with Crippen LogP contribution >= 0.6 is 0 Å². The summed E-state index contributed by atoms with van der Waals surface area (Å²) >= 11 is 0. The van der Waals surface area contributed by atoms with Gasteiger partial charge in [0.05, 0.1) is 0 Å². The maximum Gasteiger partial charge on any atom is 0.250 e. The van der Waals surface area contributed by atoms with Gasteiger partial charge in [-0.1, -0.05) is 20.3 Å². The molecule has 1 aromatic rings. The van der Waals surface area contributed by atoms with Crippen molar-refractivity contribution in [3.63, 3.8) is 0 Å². The first kappa shape index (κ1) is 10.0. The van der Waals surface area contributed by atoms with Crippen molar-refractivity contribution >= 4 is 0 Å². The highest BCUT2D eigenvalue weighted by molar-refractivity contribution is 5.07. The third-order valence-electron chi connectivity index (χ3n) is 2.36. The number of aryl methyl sites for hydroxylation is 1. The van der Waals surface area contributed by atoms with Crippen molar-refractivity contribution in [3.8, 4) is 0 Å². The minimum Gasteiger partial charge on any atom is -0.315 e. The second-order valence-corrected chi connectivity index (χ2v) is 3.71. The van der Waals surface area contributed by atoms with E-state index in [2.05, 4.69) is 13.8 Å². The lowest BCUT2D eigenvalue weighted by Gasteiger charge is -2.10. The lowest BCUT2D eigenvalue weighted by molar-refractivity contribution is 0.459. The molecule has 13 heavy (non-hydrogen) atoms. The molecule has 2 heteroatoms. The Morgan fingerprint density at radius 3 is 2.77 bits per heavy atom. The highest BCUT2D eigenvalue weighted by atomic mass is 16.1. The van der Waals surface area contributed by atoms with Gasteiger partial charge in [0, 0.05) is 18.8 Å². The number of rotatable bonds is 3. The predicted octanol–water partition coefficient (Wildman–Crippen LogP) is 2.20. The van der Waals surface area contributed by atoms with Gasteiger partial charge in [-0.3, -0.25) is 4.79 Å². The third kappa shape index (κ3) is 2.72.